The lowest BCUT2D eigenvalue weighted by Crippen LogP contribution is -2.48. The number of ether oxygens (including phenoxy) is 1. The van der Waals surface area contributed by atoms with Gasteiger partial charge in [-0.3, -0.25) is 14.6 Å². The molecule has 1 aliphatic heterocycles. The molecule has 1 N–H and O–H groups in total. The fraction of sp³-hybridized carbons (Fsp3) is 0.259. The highest BCUT2D eigenvalue weighted by Crippen LogP contribution is 2.14. The average molecular weight is 443 g/mol. The summed E-state index contributed by atoms with van der Waals surface area (Å²) >= 11 is 0. The SMILES string of the molecule is O=C(CN1CCN(Cc2ccccc2)CC1)N/N=C\c1cccc(OCc2ccccc2)c1. The van der Waals surface area contributed by atoms with E-state index in [4.69, 9.17) is 4.74 Å². The molecule has 3 aromatic rings. The Morgan fingerprint density at radius 1 is 0.848 bits per heavy atom. The van der Waals surface area contributed by atoms with Crippen LogP contribution in [0.5, 0.6) is 5.75 Å². The van der Waals surface area contributed by atoms with Crippen molar-refractivity contribution in [2.24, 2.45) is 5.10 Å². The van der Waals surface area contributed by atoms with Crippen LogP contribution in [0.1, 0.15) is 16.7 Å². The van der Waals surface area contributed by atoms with Gasteiger partial charge >= 0.3 is 0 Å². The molecule has 1 saturated heterocycles. The maximum atomic E-state index is 12.3. The first-order valence-electron chi connectivity index (χ1n) is 11.3. The number of nitrogens with zero attached hydrogens (tertiary/aromatic N) is 3. The van der Waals surface area contributed by atoms with Crippen LogP contribution in [0.2, 0.25) is 0 Å². The van der Waals surface area contributed by atoms with E-state index in [-0.39, 0.29) is 5.91 Å². The molecule has 3 aromatic carbocycles. The van der Waals surface area contributed by atoms with Gasteiger partial charge in [-0.15, -0.1) is 0 Å². The minimum Gasteiger partial charge on any atom is -0.489 e. The standard InChI is InChI=1S/C27H30N4O2/c32-27(21-31-16-14-30(15-17-31)20-23-8-3-1-4-9-23)29-28-19-25-12-7-13-26(18-25)33-22-24-10-5-2-6-11-24/h1-13,18-19H,14-17,20-22H2,(H,29,32)/b28-19-. The molecule has 33 heavy (non-hydrogen) atoms. The summed E-state index contributed by atoms with van der Waals surface area (Å²) < 4.78 is 5.85. The van der Waals surface area contributed by atoms with Crippen LogP contribution < -0.4 is 10.2 Å². The molecule has 0 bridgehead atoms. The number of rotatable bonds is 9. The quantitative estimate of drug-likeness (QED) is 0.407. The van der Waals surface area contributed by atoms with Crippen molar-refractivity contribution < 1.29 is 9.53 Å². The third kappa shape index (κ3) is 7.56. The highest BCUT2D eigenvalue weighted by molar-refractivity contribution is 5.83. The Hall–Kier alpha value is -3.48. The van der Waals surface area contributed by atoms with Gasteiger partial charge in [0.25, 0.3) is 5.91 Å². The molecule has 6 heteroatoms. The molecule has 0 atom stereocenters. The first kappa shape index (κ1) is 22.7. The zero-order chi connectivity index (χ0) is 22.7. The molecule has 0 aliphatic carbocycles. The molecule has 1 heterocycles. The van der Waals surface area contributed by atoms with Crippen LogP contribution in [0.25, 0.3) is 0 Å². The van der Waals surface area contributed by atoms with Crippen molar-refractivity contribution in [3.8, 4) is 5.75 Å². The summed E-state index contributed by atoms with van der Waals surface area (Å²) in [6.07, 6.45) is 1.64. The van der Waals surface area contributed by atoms with Gasteiger partial charge in [-0.1, -0.05) is 72.8 Å². The van der Waals surface area contributed by atoms with Crippen molar-refractivity contribution in [2.75, 3.05) is 32.7 Å². The number of hydrogen-bond acceptors (Lipinski definition) is 5. The van der Waals surface area contributed by atoms with Crippen LogP contribution in [-0.4, -0.2) is 54.6 Å². The van der Waals surface area contributed by atoms with Gasteiger partial charge in [0.1, 0.15) is 12.4 Å². The molecule has 1 aliphatic rings. The number of piperazine rings is 1. The molecule has 6 nitrogen and oxygen atoms in total. The summed E-state index contributed by atoms with van der Waals surface area (Å²) in [7, 11) is 0. The van der Waals surface area contributed by atoms with E-state index in [1.165, 1.54) is 5.56 Å². The summed E-state index contributed by atoms with van der Waals surface area (Å²) in [6.45, 7) is 5.50. The second kappa shape index (κ2) is 11.9. The zero-order valence-corrected chi connectivity index (χ0v) is 18.8. The molecule has 0 spiro atoms. The van der Waals surface area contributed by atoms with Crippen LogP contribution in [0.4, 0.5) is 0 Å². The number of hydrogen-bond donors (Lipinski definition) is 1. The molecule has 170 valence electrons. The van der Waals surface area contributed by atoms with Gasteiger partial charge in [0.15, 0.2) is 0 Å². The maximum absolute atomic E-state index is 12.3. The normalized spacial score (nSPS) is 14.9. The topological polar surface area (TPSA) is 57.2 Å². The maximum Gasteiger partial charge on any atom is 0.254 e. The van der Waals surface area contributed by atoms with Crippen LogP contribution in [-0.2, 0) is 17.9 Å². The first-order valence-corrected chi connectivity index (χ1v) is 11.3. The van der Waals surface area contributed by atoms with Crippen molar-refractivity contribution in [3.05, 3.63) is 102 Å². The fourth-order valence-corrected chi connectivity index (χ4v) is 3.79. The lowest BCUT2D eigenvalue weighted by Gasteiger charge is -2.34. The molecular formula is C27H30N4O2. The molecule has 0 unspecified atom stereocenters. The number of benzene rings is 3. The number of amides is 1. The van der Waals surface area contributed by atoms with Gasteiger partial charge in [-0.25, -0.2) is 5.43 Å². The third-order valence-corrected chi connectivity index (χ3v) is 5.59. The Balaban J connectivity index is 1.17. The second-order valence-corrected chi connectivity index (χ2v) is 8.18. The van der Waals surface area contributed by atoms with Gasteiger partial charge < -0.3 is 4.74 Å². The first-order chi connectivity index (χ1) is 16.2. The van der Waals surface area contributed by atoms with Gasteiger partial charge in [-0.05, 0) is 28.8 Å². The Labute approximate surface area is 195 Å². The second-order valence-electron chi connectivity index (χ2n) is 8.18. The third-order valence-electron chi connectivity index (χ3n) is 5.59. The molecule has 1 amide bonds. The minimum absolute atomic E-state index is 0.0979. The van der Waals surface area contributed by atoms with E-state index in [9.17, 15) is 4.79 Å². The van der Waals surface area contributed by atoms with E-state index < -0.39 is 0 Å². The highest BCUT2D eigenvalue weighted by Gasteiger charge is 2.18. The van der Waals surface area contributed by atoms with Gasteiger partial charge in [0.2, 0.25) is 0 Å². The fourth-order valence-electron chi connectivity index (χ4n) is 3.79. The van der Waals surface area contributed by atoms with Gasteiger partial charge in [0.05, 0.1) is 12.8 Å². The lowest BCUT2D eigenvalue weighted by molar-refractivity contribution is -0.122. The van der Waals surface area contributed by atoms with E-state index in [0.29, 0.717) is 13.2 Å². The van der Waals surface area contributed by atoms with Crippen LogP contribution >= 0.6 is 0 Å². The van der Waals surface area contributed by atoms with E-state index >= 15 is 0 Å². The summed E-state index contributed by atoms with van der Waals surface area (Å²) in [6, 6.07) is 28.2. The Morgan fingerprint density at radius 3 is 2.24 bits per heavy atom. The molecule has 4 rings (SSSR count). The van der Waals surface area contributed by atoms with E-state index in [1.807, 2.05) is 60.7 Å². The molecule has 0 radical (unpaired) electrons. The Kier molecular flexibility index (Phi) is 8.22. The van der Waals surface area contributed by atoms with Gasteiger partial charge in [-0.2, -0.15) is 5.10 Å². The van der Waals surface area contributed by atoms with Crippen molar-refractivity contribution in [1.29, 1.82) is 0 Å². The molecule has 0 saturated carbocycles. The molecule has 0 aromatic heterocycles. The van der Waals surface area contributed by atoms with Gasteiger partial charge in [0, 0.05) is 32.7 Å². The molecular weight excluding hydrogens is 412 g/mol. The predicted octanol–water partition coefficient (Wildman–Crippen LogP) is 3.53. The Morgan fingerprint density at radius 2 is 1.52 bits per heavy atom. The number of hydrazone groups is 1. The highest BCUT2D eigenvalue weighted by atomic mass is 16.5. The van der Waals surface area contributed by atoms with Crippen molar-refractivity contribution in [3.63, 3.8) is 0 Å². The Bertz CT molecular complexity index is 1030. The van der Waals surface area contributed by atoms with Crippen molar-refractivity contribution in [1.82, 2.24) is 15.2 Å². The zero-order valence-electron chi connectivity index (χ0n) is 18.8. The summed E-state index contributed by atoms with van der Waals surface area (Å²) in [5, 5.41) is 4.12. The summed E-state index contributed by atoms with van der Waals surface area (Å²) in [5.74, 6) is 0.668. The van der Waals surface area contributed by atoms with E-state index in [2.05, 4.69) is 44.6 Å². The van der Waals surface area contributed by atoms with Crippen molar-refractivity contribution in [2.45, 2.75) is 13.2 Å². The van der Waals surface area contributed by atoms with E-state index in [1.54, 1.807) is 6.21 Å². The lowest BCUT2D eigenvalue weighted by atomic mass is 10.2. The van der Waals surface area contributed by atoms with Crippen LogP contribution in [0.15, 0.2) is 90.0 Å². The number of carbonyl (C=O) groups excluding carboxylic acids is 1. The monoisotopic (exact) mass is 442 g/mol. The largest absolute Gasteiger partial charge is 0.489 e. The van der Waals surface area contributed by atoms with Crippen LogP contribution in [0, 0.1) is 0 Å². The number of carbonyl (C=O) groups is 1. The van der Waals surface area contributed by atoms with Crippen molar-refractivity contribution >= 4 is 12.1 Å². The van der Waals surface area contributed by atoms with Crippen LogP contribution in [0.3, 0.4) is 0 Å². The smallest absolute Gasteiger partial charge is 0.254 e. The average Bonchev–Trinajstić information content (AvgIpc) is 2.86. The predicted molar refractivity (Wildman–Crippen MR) is 131 cm³/mol. The minimum atomic E-state index is -0.0979. The summed E-state index contributed by atoms with van der Waals surface area (Å²) in [5.41, 5.74) is 5.95. The van der Waals surface area contributed by atoms with E-state index in [0.717, 1.165) is 49.6 Å². The summed E-state index contributed by atoms with van der Waals surface area (Å²) in [4.78, 5) is 16.9. The number of nitrogens with one attached hydrogen (secondary N) is 1. The molecule has 1 fully saturated rings.